The normalized spacial score (nSPS) is 12.3. The average Bonchev–Trinajstić information content (AvgIpc) is 3.24. The van der Waals surface area contributed by atoms with Crippen LogP contribution in [0.5, 0.6) is 0 Å². The summed E-state index contributed by atoms with van der Waals surface area (Å²) in [6.45, 7) is 3.31. The largest absolute Gasteiger partial charge is 0.370 e. The van der Waals surface area contributed by atoms with Gasteiger partial charge in [0.05, 0.1) is 12.0 Å². The van der Waals surface area contributed by atoms with E-state index in [4.69, 9.17) is 5.73 Å². The number of aromatic amines is 1. The summed E-state index contributed by atoms with van der Waals surface area (Å²) < 4.78 is 14.3. The molecule has 9 heteroatoms. The van der Waals surface area contributed by atoms with E-state index in [-0.39, 0.29) is 35.7 Å². The third kappa shape index (κ3) is 7.88. The molecule has 1 aromatic carbocycles. The van der Waals surface area contributed by atoms with Gasteiger partial charge in [-0.1, -0.05) is 12.1 Å². The van der Waals surface area contributed by atoms with Crippen LogP contribution in [0.4, 0.5) is 4.39 Å². The highest BCUT2D eigenvalue weighted by atomic mass is 127. The van der Waals surface area contributed by atoms with Crippen molar-refractivity contribution in [1.29, 1.82) is 0 Å². The zero-order valence-corrected chi connectivity index (χ0v) is 21.2. The number of H-pyrrole nitrogens is 1. The van der Waals surface area contributed by atoms with Crippen LogP contribution in [0.2, 0.25) is 0 Å². The van der Waals surface area contributed by atoms with E-state index in [9.17, 15) is 4.39 Å². The van der Waals surface area contributed by atoms with E-state index in [2.05, 4.69) is 41.2 Å². The summed E-state index contributed by atoms with van der Waals surface area (Å²) in [6, 6.07) is 8.65. The second-order valence-electron chi connectivity index (χ2n) is 7.12. The molecule has 0 aliphatic heterocycles. The van der Waals surface area contributed by atoms with Crippen LogP contribution in [0, 0.1) is 12.7 Å². The van der Waals surface area contributed by atoms with E-state index in [1.54, 1.807) is 12.5 Å². The van der Waals surface area contributed by atoms with Crippen molar-refractivity contribution in [1.82, 2.24) is 20.3 Å². The maximum Gasteiger partial charge on any atom is 0.188 e. The molecule has 1 atom stereocenters. The van der Waals surface area contributed by atoms with Gasteiger partial charge in [-0.3, -0.25) is 9.98 Å². The Kier molecular flexibility index (Phi) is 10.4. The monoisotopic (exact) mass is 600 g/mol. The van der Waals surface area contributed by atoms with E-state index in [0.717, 1.165) is 46.2 Å². The van der Waals surface area contributed by atoms with Gasteiger partial charge in [-0.05, 0) is 71.4 Å². The number of aryl methyl sites for hydroxylation is 2. The average molecular weight is 601 g/mol. The first-order valence-corrected chi connectivity index (χ1v) is 10.7. The van der Waals surface area contributed by atoms with Gasteiger partial charge in [0.1, 0.15) is 5.82 Å². The number of imidazole rings is 1. The second-order valence-corrected chi connectivity index (χ2v) is 8.04. The van der Waals surface area contributed by atoms with E-state index < -0.39 is 0 Å². The van der Waals surface area contributed by atoms with Gasteiger partial charge in [0.25, 0.3) is 0 Å². The predicted octanol–water partition coefficient (Wildman–Crippen LogP) is 4.69. The number of hydrogen-bond donors (Lipinski definition) is 3. The smallest absolute Gasteiger partial charge is 0.188 e. The van der Waals surface area contributed by atoms with Crippen LogP contribution >= 0.6 is 39.9 Å². The zero-order chi connectivity index (χ0) is 21.3. The molecule has 0 saturated heterocycles. The molecule has 0 radical (unpaired) electrons. The van der Waals surface area contributed by atoms with Gasteiger partial charge in [0, 0.05) is 41.6 Å². The van der Waals surface area contributed by atoms with Crippen molar-refractivity contribution in [2.75, 3.05) is 13.1 Å². The van der Waals surface area contributed by atoms with Crippen molar-refractivity contribution in [2.24, 2.45) is 10.7 Å². The van der Waals surface area contributed by atoms with Gasteiger partial charge in [-0.2, -0.15) is 0 Å². The number of nitrogens with one attached hydrogen (secondary N) is 2. The molecule has 4 N–H and O–H groups in total. The Hall–Kier alpha value is -2.01. The van der Waals surface area contributed by atoms with Crippen LogP contribution in [-0.2, 0) is 6.42 Å². The van der Waals surface area contributed by atoms with Gasteiger partial charge < -0.3 is 16.0 Å². The van der Waals surface area contributed by atoms with Crippen LogP contribution in [0.3, 0.4) is 0 Å². The lowest BCUT2D eigenvalue weighted by Gasteiger charge is -2.20. The summed E-state index contributed by atoms with van der Waals surface area (Å²) in [6.07, 6.45) is 7.82. The van der Waals surface area contributed by atoms with Crippen molar-refractivity contribution in [3.63, 3.8) is 0 Å². The van der Waals surface area contributed by atoms with E-state index in [1.165, 1.54) is 12.1 Å². The standard InChI is InChI=1S/C22H26BrFN6.HI/c1-15-11-17(23)12-29-21(15)20(16-4-6-18(24)7-5-16)8-10-28-22(25)27-9-2-3-19-13-26-14-30-19;/h4-7,11-14,20H,2-3,8-10H2,1H3,(H,26,30)(H3,25,27,28);1H. The Labute approximate surface area is 207 Å². The molecule has 3 rings (SSSR count). The molecule has 0 fully saturated rings. The number of pyridine rings is 1. The van der Waals surface area contributed by atoms with Crippen LogP contribution in [0.25, 0.3) is 0 Å². The van der Waals surface area contributed by atoms with Gasteiger partial charge in [0.2, 0.25) is 0 Å². The van der Waals surface area contributed by atoms with Crippen molar-refractivity contribution in [3.8, 4) is 0 Å². The first-order valence-electron chi connectivity index (χ1n) is 9.91. The van der Waals surface area contributed by atoms with Crippen molar-refractivity contribution >= 4 is 45.9 Å². The molecule has 6 nitrogen and oxygen atoms in total. The molecule has 1 unspecified atom stereocenters. The molecule has 2 heterocycles. The van der Waals surface area contributed by atoms with Crippen LogP contribution < -0.4 is 11.1 Å². The highest BCUT2D eigenvalue weighted by Gasteiger charge is 2.18. The van der Waals surface area contributed by atoms with E-state index >= 15 is 0 Å². The summed E-state index contributed by atoms with van der Waals surface area (Å²) in [7, 11) is 0. The minimum Gasteiger partial charge on any atom is -0.370 e. The molecule has 166 valence electrons. The Balaban J connectivity index is 0.00000341. The van der Waals surface area contributed by atoms with Crippen molar-refractivity contribution in [2.45, 2.75) is 32.1 Å². The maximum absolute atomic E-state index is 13.4. The molecule has 0 spiro atoms. The third-order valence-electron chi connectivity index (χ3n) is 4.87. The van der Waals surface area contributed by atoms with Crippen molar-refractivity contribution < 1.29 is 4.39 Å². The van der Waals surface area contributed by atoms with Crippen LogP contribution in [-0.4, -0.2) is 34.0 Å². The SMILES string of the molecule is Cc1cc(Br)cnc1C(CCNC(N)=NCCCc1cnc[nH]1)c1ccc(F)cc1.I. The van der Waals surface area contributed by atoms with Crippen LogP contribution in [0.15, 0.2) is 58.5 Å². The highest BCUT2D eigenvalue weighted by molar-refractivity contribution is 14.0. The fourth-order valence-electron chi connectivity index (χ4n) is 3.36. The van der Waals surface area contributed by atoms with Gasteiger partial charge in [0.15, 0.2) is 5.96 Å². The predicted molar refractivity (Wildman–Crippen MR) is 136 cm³/mol. The number of aliphatic imine (C=N–C) groups is 1. The second kappa shape index (κ2) is 12.7. The summed E-state index contributed by atoms with van der Waals surface area (Å²) in [5.41, 5.74) is 10.2. The summed E-state index contributed by atoms with van der Waals surface area (Å²) in [5, 5.41) is 3.19. The number of halogens is 3. The molecule has 0 saturated carbocycles. The quantitative estimate of drug-likeness (QED) is 0.144. The molecule has 2 aromatic heterocycles. The molecule has 0 aliphatic rings. The topological polar surface area (TPSA) is 92.0 Å². The van der Waals surface area contributed by atoms with Gasteiger partial charge in [-0.15, -0.1) is 24.0 Å². The van der Waals surface area contributed by atoms with Gasteiger partial charge >= 0.3 is 0 Å². The molecule has 3 aromatic rings. The lowest BCUT2D eigenvalue weighted by Crippen LogP contribution is -2.33. The lowest BCUT2D eigenvalue weighted by atomic mass is 9.90. The Morgan fingerprint density at radius 2 is 2.06 bits per heavy atom. The Morgan fingerprint density at radius 3 is 2.74 bits per heavy atom. The Morgan fingerprint density at radius 1 is 1.29 bits per heavy atom. The van der Waals surface area contributed by atoms with Gasteiger partial charge in [-0.25, -0.2) is 9.37 Å². The number of aromatic nitrogens is 3. The van der Waals surface area contributed by atoms with E-state index in [0.29, 0.717) is 19.0 Å². The maximum atomic E-state index is 13.4. The highest BCUT2D eigenvalue weighted by Crippen LogP contribution is 2.29. The first-order chi connectivity index (χ1) is 14.5. The number of nitrogens with two attached hydrogens (primary N) is 1. The number of benzene rings is 1. The number of rotatable bonds is 9. The number of guanidine groups is 1. The summed E-state index contributed by atoms with van der Waals surface area (Å²) >= 11 is 3.46. The molecule has 0 bridgehead atoms. The first kappa shape index (κ1) is 25.3. The zero-order valence-electron chi connectivity index (χ0n) is 17.3. The molecular formula is C22H27BrFIN6. The molecular weight excluding hydrogens is 574 g/mol. The molecule has 0 amide bonds. The minimum atomic E-state index is -0.248. The third-order valence-corrected chi connectivity index (χ3v) is 5.30. The van der Waals surface area contributed by atoms with E-state index in [1.807, 2.05) is 31.3 Å². The summed E-state index contributed by atoms with van der Waals surface area (Å²) in [4.78, 5) is 16.1. The molecule has 31 heavy (non-hydrogen) atoms. The fourth-order valence-corrected chi connectivity index (χ4v) is 3.81. The number of nitrogens with zero attached hydrogens (tertiary/aromatic N) is 3. The Bertz CT molecular complexity index is 963. The summed E-state index contributed by atoms with van der Waals surface area (Å²) in [5.74, 6) is 0.208. The van der Waals surface area contributed by atoms with Crippen molar-refractivity contribution in [3.05, 3.63) is 81.9 Å². The molecule has 0 aliphatic carbocycles. The van der Waals surface area contributed by atoms with Crippen LogP contribution in [0.1, 0.15) is 41.3 Å². The fraction of sp³-hybridized carbons (Fsp3) is 0.318. The number of hydrogen-bond acceptors (Lipinski definition) is 3. The lowest BCUT2D eigenvalue weighted by molar-refractivity contribution is 0.623. The minimum absolute atomic E-state index is 0.